The molecule has 148 valence electrons. The smallest absolute Gasteiger partial charge is 0.321 e. The van der Waals surface area contributed by atoms with Gasteiger partial charge in [-0.2, -0.15) is 0 Å². The predicted octanol–water partition coefficient (Wildman–Crippen LogP) is 4.04. The molecule has 1 heterocycles. The minimum absolute atomic E-state index is 0. The Bertz CT molecular complexity index is 863. The number of nitrogens with zero attached hydrogens (tertiary/aromatic N) is 2. The largest absolute Gasteiger partial charge is 0.493 e. The molecule has 28 heavy (non-hydrogen) atoms. The van der Waals surface area contributed by atoms with Crippen molar-refractivity contribution in [2.75, 3.05) is 20.8 Å². The number of rotatable bonds is 9. The van der Waals surface area contributed by atoms with Crippen molar-refractivity contribution < 1.29 is 14.2 Å². The van der Waals surface area contributed by atoms with Crippen molar-refractivity contribution in [3.8, 4) is 23.3 Å². The maximum absolute atomic E-state index is 5.67. The third-order valence-corrected chi connectivity index (χ3v) is 4.02. The van der Waals surface area contributed by atoms with E-state index < -0.39 is 0 Å². The molecule has 0 aliphatic rings. The molecule has 1 N–H and O–H groups in total. The summed E-state index contributed by atoms with van der Waals surface area (Å²) in [5.74, 6) is 2.22. The van der Waals surface area contributed by atoms with Gasteiger partial charge in [0.05, 0.1) is 14.2 Å². The monoisotopic (exact) mass is 401 g/mol. The molecular weight excluding hydrogens is 378 g/mol. The molecule has 0 radical (unpaired) electrons. The molecule has 0 saturated carbocycles. The summed E-state index contributed by atoms with van der Waals surface area (Å²) >= 11 is 0. The lowest BCUT2D eigenvalue weighted by Crippen LogP contribution is -2.16. The molecule has 0 amide bonds. The highest BCUT2D eigenvalue weighted by Crippen LogP contribution is 2.27. The second kappa shape index (κ2) is 11.1. The van der Waals surface area contributed by atoms with E-state index >= 15 is 0 Å². The van der Waals surface area contributed by atoms with Crippen molar-refractivity contribution in [2.45, 2.75) is 13.0 Å². The van der Waals surface area contributed by atoms with Gasteiger partial charge in [-0.1, -0.05) is 18.2 Å². The van der Waals surface area contributed by atoms with Gasteiger partial charge in [0.1, 0.15) is 5.75 Å². The first kappa shape index (κ1) is 21.5. The highest BCUT2D eigenvalue weighted by molar-refractivity contribution is 5.85. The minimum Gasteiger partial charge on any atom is -0.493 e. The van der Waals surface area contributed by atoms with Gasteiger partial charge in [0, 0.05) is 18.9 Å². The van der Waals surface area contributed by atoms with E-state index in [0.29, 0.717) is 6.01 Å². The van der Waals surface area contributed by atoms with Gasteiger partial charge in [0.15, 0.2) is 11.5 Å². The Labute approximate surface area is 171 Å². The van der Waals surface area contributed by atoms with Gasteiger partial charge in [0.25, 0.3) is 0 Å². The van der Waals surface area contributed by atoms with Crippen LogP contribution in [0.1, 0.15) is 11.1 Å². The van der Waals surface area contributed by atoms with Gasteiger partial charge in [-0.3, -0.25) is 0 Å². The molecule has 6 nitrogen and oxygen atoms in total. The molecule has 3 rings (SSSR count). The Hall–Kier alpha value is -2.83. The maximum atomic E-state index is 5.67. The number of hydrogen-bond acceptors (Lipinski definition) is 6. The molecule has 0 bridgehead atoms. The second-order valence-corrected chi connectivity index (χ2v) is 5.90. The number of ether oxygens (including phenoxy) is 3. The topological polar surface area (TPSA) is 65.5 Å². The van der Waals surface area contributed by atoms with E-state index in [1.165, 1.54) is 5.56 Å². The van der Waals surface area contributed by atoms with Crippen molar-refractivity contribution >= 4 is 12.4 Å². The van der Waals surface area contributed by atoms with Crippen molar-refractivity contribution in [3.63, 3.8) is 0 Å². The number of halogens is 1. The zero-order valence-corrected chi connectivity index (χ0v) is 16.7. The molecule has 0 spiro atoms. The summed E-state index contributed by atoms with van der Waals surface area (Å²) in [6, 6.07) is 16.0. The quantitative estimate of drug-likeness (QED) is 0.546. The van der Waals surface area contributed by atoms with E-state index in [1.807, 2.05) is 30.3 Å². The summed E-state index contributed by atoms with van der Waals surface area (Å²) in [5, 5.41) is 3.45. The predicted molar refractivity (Wildman–Crippen MR) is 111 cm³/mol. The summed E-state index contributed by atoms with van der Waals surface area (Å²) in [6.07, 6.45) is 4.21. The average molecular weight is 402 g/mol. The molecule has 0 aliphatic carbocycles. The fourth-order valence-electron chi connectivity index (χ4n) is 2.66. The maximum Gasteiger partial charge on any atom is 0.321 e. The minimum atomic E-state index is 0. The summed E-state index contributed by atoms with van der Waals surface area (Å²) in [4.78, 5) is 8.14. The second-order valence-electron chi connectivity index (χ2n) is 5.90. The van der Waals surface area contributed by atoms with Crippen molar-refractivity contribution in [1.82, 2.24) is 15.3 Å². The fourth-order valence-corrected chi connectivity index (χ4v) is 2.66. The molecule has 2 aromatic carbocycles. The number of nitrogens with one attached hydrogen (secondary N) is 1. The lowest BCUT2D eigenvalue weighted by molar-refractivity contribution is 0.354. The van der Waals surface area contributed by atoms with Crippen LogP contribution < -0.4 is 19.5 Å². The molecule has 3 aromatic rings. The lowest BCUT2D eigenvalue weighted by Gasteiger charge is -2.10. The molecule has 1 aromatic heterocycles. The molecule has 7 heteroatoms. The fraction of sp³-hybridized carbons (Fsp3) is 0.238. The van der Waals surface area contributed by atoms with E-state index in [9.17, 15) is 0 Å². The van der Waals surface area contributed by atoms with Crippen LogP contribution in [0.25, 0.3) is 0 Å². The molecule has 0 fully saturated rings. The van der Waals surface area contributed by atoms with E-state index in [4.69, 9.17) is 14.2 Å². The van der Waals surface area contributed by atoms with Gasteiger partial charge in [0.2, 0.25) is 0 Å². The van der Waals surface area contributed by atoms with Gasteiger partial charge in [-0.05, 0) is 54.4 Å². The van der Waals surface area contributed by atoms with E-state index in [1.54, 1.807) is 32.7 Å². The number of benzene rings is 2. The van der Waals surface area contributed by atoms with Gasteiger partial charge in [-0.15, -0.1) is 12.4 Å². The normalized spacial score (nSPS) is 10.1. The SMILES string of the molecule is COc1ccc(CCNCc2cccc(Oc3ncccn3)c2)cc1OC.Cl. The number of aromatic nitrogens is 2. The first-order valence-electron chi connectivity index (χ1n) is 8.74. The lowest BCUT2D eigenvalue weighted by atomic mass is 10.1. The summed E-state index contributed by atoms with van der Waals surface area (Å²) in [5.41, 5.74) is 2.33. The van der Waals surface area contributed by atoms with Gasteiger partial charge >= 0.3 is 6.01 Å². The van der Waals surface area contributed by atoms with Crippen LogP contribution in [0.2, 0.25) is 0 Å². The Balaban J connectivity index is 0.00000280. The molecular formula is C21H24ClN3O3. The Morgan fingerprint density at radius 2 is 1.64 bits per heavy atom. The number of hydrogen-bond donors (Lipinski definition) is 1. The van der Waals surface area contributed by atoms with E-state index in [-0.39, 0.29) is 12.4 Å². The van der Waals surface area contributed by atoms with Crippen molar-refractivity contribution in [1.29, 1.82) is 0 Å². The van der Waals surface area contributed by atoms with Crippen LogP contribution in [0.15, 0.2) is 60.9 Å². The van der Waals surface area contributed by atoms with Crippen LogP contribution in [-0.2, 0) is 13.0 Å². The molecule has 0 atom stereocenters. The first-order valence-corrected chi connectivity index (χ1v) is 8.74. The Morgan fingerprint density at radius 3 is 2.39 bits per heavy atom. The van der Waals surface area contributed by atoms with Gasteiger partial charge < -0.3 is 19.5 Å². The summed E-state index contributed by atoms with van der Waals surface area (Å²) < 4.78 is 16.3. The van der Waals surface area contributed by atoms with Gasteiger partial charge in [-0.25, -0.2) is 9.97 Å². The van der Waals surface area contributed by atoms with Crippen LogP contribution in [0.3, 0.4) is 0 Å². The summed E-state index contributed by atoms with van der Waals surface area (Å²) in [7, 11) is 3.29. The standard InChI is InChI=1S/C21H23N3O3.ClH/c1-25-19-8-7-16(14-20(19)26-2)9-12-22-15-17-5-3-6-18(13-17)27-21-23-10-4-11-24-21;/h3-8,10-11,13-14,22H,9,12,15H2,1-2H3;1H. The first-order chi connectivity index (χ1) is 13.3. The highest BCUT2D eigenvalue weighted by Gasteiger charge is 2.05. The van der Waals surface area contributed by atoms with Crippen LogP contribution in [0.5, 0.6) is 23.3 Å². The molecule has 0 unspecified atom stereocenters. The highest BCUT2D eigenvalue weighted by atomic mass is 35.5. The Morgan fingerprint density at radius 1 is 0.857 bits per heavy atom. The van der Waals surface area contributed by atoms with Crippen LogP contribution in [0, 0.1) is 0 Å². The van der Waals surface area contributed by atoms with Crippen LogP contribution in [-0.4, -0.2) is 30.7 Å². The Kier molecular flexibility index (Phi) is 8.52. The zero-order valence-electron chi connectivity index (χ0n) is 15.9. The molecule has 0 aliphatic heterocycles. The van der Waals surface area contributed by atoms with Crippen molar-refractivity contribution in [3.05, 3.63) is 72.1 Å². The van der Waals surface area contributed by atoms with Crippen LogP contribution in [0.4, 0.5) is 0 Å². The number of methoxy groups -OCH3 is 2. The zero-order chi connectivity index (χ0) is 18.9. The third kappa shape index (κ3) is 6.11. The van der Waals surface area contributed by atoms with Crippen LogP contribution >= 0.6 is 12.4 Å². The third-order valence-electron chi connectivity index (χ3n) is 4.02. The summed E-state index contributed by atoms with van der Waals surface area (Å²) in [6.45, 7) is 1.60. The van der Waals surface area contributed by atoms with E-state index in [2.05, 4.69) is 27.4 Å². The van der Waals surface area contributed by atoms with Crippen molar-refractivity contribution in [2.24, 2.45) is 0 Å². The molecule has 0 saturated heterocycles. The average Bonchev–Trinajstić information content (AvgIpc) is 2.72. The van der Waals surface area contributed by atoms with E-state index in [0.717, 1.165) is 42.3 Å².